The van der Waals surface area contributed by atoms with Crippen LogP contribution in [0.25, 0.3) is 28.5 Å². The van der Waals surface area contributed by atoms with E-state index >= 15 is 0 Å². The van der Waals surface area contributed by atoms with E-state index in [4.69, 9.17) is 9.72 Å². The van der Waals surface area contributed by atoms with E-state index in [-0.39, 0.29) is 5.97 Å². The molecule has 0 saturated heterocycles. The number of unbranched alkanes of at least 4 members (excludes halogenated alkanes) is 2. The van der Waals surface area contributed by atoms with Crippen LogP contribution in [0.5, 0.6) is 5.75 Å². The van der Waals surface area contributed by atoms with Crippen molar-refractivity contribution in [3.8, 4) is 17.1 Å². The van der Waals surface area contributed by atoms with Gasteiger partial charge in [0.15, 0.2) is 0 Å². The van der Waals surface area contributed by atoms with Crippen LogP contribution < -0.4 is 4.74 Å². The van der Waals surface area contributed by atoms with Crippen molar-refractivity contribution in [1.29, 1.82) is 0 Å². The predicted molar refractivity (Wildman–Crippen MR) is 137 cm³/mol. The number of imidazole rings is 1. The number of nitrogens with zero attached hydrogens (tertiary/aromatic N) is 2. The summed E-state index contributed by atoms with van der Waals surface area (Å²) in [6, 6.07) is 26.6. The number of hydrogen-bond donors (Lipinski definition) is 0. The van der Waals surface area contributed by atoms with Gasteiger partial charge in [0.1, 0.15) is 11.6 Å². The second kappa shape index (κ2) is 11.8. The summed E-state index contributed by atoms with van der Waals surface area (Å²) < 4.78 is 12.9. The average molecular weight is 455 g/mol. The topological polar surface area (TPSA) is 53.4 Å². The molecule has 0 N–H and O–H groups in total. The molecule has 0 saturated carbocycles. The van der Waals surface area contributed by atoms with Crippen LogP contribution in [0.15, 0.2) is 84.9 Å². The van der Waals surface area contributed by atoms with Crippen molar-refractivity contribution >= 4 is 23.1 Å². The van der Waals surface area contributed by atoms with Crippen LogP contribution in [0.2, 0.25) is 0 Å². The highest BCUT2D eigenvalue weighted by atomic mass is 16.5. The molecule has 3 aromatic carbocycles. The van der Waals surface area contributed by atoms with Crippen LogP contribution >= 0.6 is 0 Å². The molecule has 0 unspecified atom stereocenters. The van der Waals surface area contributed by atoms with E-state index in [1.54, 1.807) is 0 Å². The third-order valence-electron chi connectivity index (χ3n) is 5.67. The monoisotopic (exact) mass is 454 g/mol. The van der Waals surface area contributed by atoms with Gasteiger partial charge in [-0.3, -0.25) is 4.79 Å². The summed E-state index contributed by atoms with van der Waals surface area (Å²) in [4.78, 5) is 16.1. The summed E-state index contributed by atoms with van der Waals surface area (Å²) in [5.41, 5.74) is 4.24. The van der Waals surface area contributed by atoms with Crippen molar-refractivity contribution in [1.82, 2.24) is 9.55 Å². The lowest BCUT2D eigenvalue weighted by Gasteiger charge is -2.09. The molecule has 174 valence electrons. The Morgan fingerprint density at radius 3 is 2.47 bits per heavy atom. The molecule has 0 amide bonds. The molecule has 5 nitrogen and oxygen atoms in total. The summed E-state index contributed by atoms with van der Waals surface area (Å²) in [7, 11) is 1.42. The molecule has 0 fully saturated rings. The number of fused-ring (bicyclic) bond motifs is 1. The van der Waals surface area contributed by atoms with Crippen molar-refractivity contribution in [2.24, 2.45) is 0 Å². The maximum atomic E-state index is 11.2. The molecule has 0 atom stereocenters. The zero-order valence-electron chi connectivity index (χ0n) is 19.5. The minimum Gasteiger partial charge on any atom is -0.494 e. The summed E-state index contributed by atoms with van der Waals surface area (Å²) in [6.45, 7) is 1.31. The number of benzene rings is 3. The molecule has 0 bridgehead atoms. The number of ether oxygens (including phenoxy) is 2. The Labute approximate surface area is 200 Å². The minimum absolute atomic E-state index is 0.157. The first-order chi connectivity index (χ1) is 16.7. The van der Waals surface area contributed by atoms with Crippen molar-refractivity contribution in [2.75, 3.05) is 13.7 Å². The highest BCUT2D eigenvalue weighted by Crippen LogP contribution is 2.28. The maximum absolute atomic E-state index is 11.2. The summed E-state index contributed by atoms with van der Waals surface area (Å²) in [5.74, 6) is 1.61. The van der Waals surface area contributed by atoms with Gasteiger partial charge in [-0.1, -0.05) is 72.8 Å². The fraction of sp³-hybridized carbons (Fsp3) is 0.241. The molecule has 5 heteroatoms. The van der Waals surface area contributed by atoms with Gasteiger partial charge in [0.25, 0.3) is 0 Å². The van der Waals surface area contributed by atoms with E-state index in [1.165, 1.54) is 12.7 Å². The van der Waals surface area contributed by atoms with Gasteiger partial charge in [0.2, 0.25) is 0 Å². The molecule has 1 aromatic heterocycles. The first kappa shape index (κ1) is 23.3. The van der Waals surface area contributed by atoms with Crippen molar-refractivity contribution < 1.29 is 14.3 Å². The molecule has 0 aliphatic rings. The van der Waals surface area contributed by atoms with E-state index in [0.29, 0.717) is 19.6 Å². The lowest BCUT2D eigenvalue weighted by Crippen LogP contribution is -2.02. The Morgan fingerprint density at radius 1 is 0.941 bits per heavy atom. The molecular formula is C29H30N2O3. The molecule has 0 aliphatic carbocycles. The molecule has 4 aromatic rings. The highest BCUT2D eigenvalue weighted by molar-refractivity contribution is 5.82. The minimum atomic E-state index is -0.157. The number of esters is 1. The van der Waals surface area contributed by atoms with Crippen molar-refractivity contribution in [3.63, 3.8) is 0 Å². The molecule has 0 spiro atoms. The second-order valence-corrected chi connectivity index (χ2v) is 8.11. The SMILES string of the molecule is COC(=O)CCCCCOc1ccc2nc(-c3ccccc3)n(CC=Cc3ccccc3)c2c1. The zero-order chi connectivity index (χ0) is 23.6. The zero-order valence-corrected chi connectivity index (χ0v) is 19.5. The van der Waals surface area contributed by atoms with Gasteiger partial charge in [-0.05, 0) is 37.0 Å². The number of hydrogen-bond acceptors (Lipinski definition) is 4. The van der Waals surface area contributed by atoms with E-state index in [2.05, 4.69) is 51.8 Å². The van der Waals surface area contributed by atoms with Gasteiger partial charge < -0.3 is 14.0 Å². The number of methoxy groups -OCH3 is 1. The molecule has 0 radical (unpaired) electrons. The van der Waals surface area contributed by atoms with Crippen LogP contribution in [0.1, 0.15) is 31.2 Å². The quantitative estimate of drug-likeness (QED) is 0.191. The standard InChI is InChI=1S/C29H30N2O3/c1-33-28(32)17-9-4-10-21-34-25-18-19-26-27(22-25)31(20-11-14-23-12-5-2-6-13-23)29(30-26)24-15-7-3-8-16-24/h2-3,5-8,11-16,18-19,22H,4,9-10,17,20-21H2,1H3. The number of rotatable bonds is 11. The van der Waals surface area contributed by atoms with Crippen LogP contribution in [-0.4, -0.2) is 29.2 Å². The summed E-state index contributed by atoms with van der Waals surface area (Å²) >= 11 is 0. The summed E-state index contributed by atoms with van der Waals surface area (Å²) in [6.07, 6.45) is 7.39. The Balaban J connectivity index is 1.51. The van der Waals surface area contributed by atoms with Crippen LogP contribution in [0, 0.1) is 0 Å². The average Bonchev–Trinajstić information content (AvgIpc) is 3.25. The van der Waals surface area contributed by atoms with E-state index in [1.807, 2.05) is 48.5 Å². The van der Waals surface area contributed by atoms with Gasteiger partial charge in [-0.2, -0.15) is 0 Å². The van der Waals surface area contributed by atoms with Gasteiger partial charge >= 0.3 is 5.97 Å². The van der Waals surface area contributed by atoms with E-state index < -0.39 is 0 Å². The van der Waals surface area contributed by atoms with E-state index in [0.717, 1.165) is 47.4 Å². The fourth-order valence-corrected chi connectivity index (χ4v) is 3.88. The highest BCUT2D eigenvalue weighted by Gasteiger charge is 2.13. The van der Waals surface area contributed by atoms with Crippen molar-refractivity contribution in [2.45, 2.75) is 32.2 Å². The predicted octanol–water partition coefficient (Wildman–Crippen LogP) is 6.53. The van der Waals surface area contributed by atoms with Crippen molar-refractivity contribution in [3.05, 3.63) is 90.5 Å². The largest absolute Gasteiger partial charge is 0.494 e. The number of allylic oxidation sites excluding steroid dienone is 1. The Morgan fingerprint density at radius 2 is 1.71 bits per heavy atom. The van der Waals surface area contributed by atoms with Gasteiger partial charge in [-0.15, -0.1) is 0 Å². The number of aromatic nitrogens is 2. The van der Waals surface area contributed by atoms with Gasteiger partial charge in [-0.25, -0.2) is 4.98 Å². The Kier molecular flexibility index (Phi) is 8.12. The third kappa shape index (κ3) is 6.13. The molecular weight excluding hydrogens is 424 g/mol. The van der Waals surface area contributed by atoms with Crippen LogP contribution in [0.3, 0.4) is 0 Å². The normalized spacial score (nSPS) is 11.2. The molecule has 0 aliphatic heterocycles. The lowest BCUT2D eigenvalue weighted by atomic mass is 10.2. The van der Waals surface area contributed by atoms with Crippen LogP contribution in [-0.2, 0) is 16.1 Å². The summed E-state index contributed by atoms with van der Waals surface area (Å²) in [5, 5.41) is 0. The molecule has 34 heavy (non-hydrogen) atoms. The second-order valence-electron chi connectivity index (χ2n) is 8.11. The number of carbonyl (C=O) groups excluding carboxylic acids is 1. The fourth-order valence-electron chi connectivity index (χ4n) is 3.88. The first-order valence-electron chi connectivity index (χ1n) is 11.7. The molecule has 1 heterocycles. The molecule has 4 rings (SSSR count). The maximum Gasteiger partial charge on any atom is 0.305 e. The van der Waals surface area contributed by atoms with Crippen LogP contribution in [0.4, 0.5) is 0 Å². The third-order valence-corrected chi connectivity index (χ3v) is 5.67. The van der Waals surface area contributed by atoms with Gasteiger partial charge in [0, 0.05) is 24.6 Å². The Hall–Kier alpha value is -3.86. The first-order valence-corrected chi connectivity index (χ1v) is 11.7. The van der Waals surface area contributed by atoms with Gasteiger partial charge in [0.05, 0.1) is 24.8 Å². The lowest BCUT2D eigenvalue weighted by molar-refractivity contribution is -0.140. The Bertz CT molecular complexity index is 1230. The van der Waals surface area contributed by atoms with E-state index in [9.17, 15) is 4.79 Å². The number of carbonyl (C=O) groups is 1. The smallest absolute Gasteiger partial charge is 0.305 e.